The normalized spacial score (nSPS) is 12.3. The molecule has 7 heteroatoms. The Morgan fingerprint density at radius 1 is 1.25 bits per heavy atom. The zero-order chi connectivity index (χ0) is 15.2. The molecular weight excluding hydrogens is 258 g/mol. The third-order valence-corrected chi connectivity index (χ3v) is 3.35. The molecule has 0 aliphatic carbocycles. The van der Waals surface area contributed by atoms with Crippen LogP contribution in [0.25, 0.3) is 11.2 Å². The van der Waals surface area contributed by atoms with Gasteiger partial charge < -0.3 is 10.3 Å². The average Bonchev–Trinajstić information content (AvgIpc) is 2.61. The first-order valence-corrected chi connectivity index (χ1v) is 6.63. The van der Waals surface area contributed by atoms with Crippen molar-refractivity contribution >= 4 is 11.2 Å². The molecule has 0 aliphatic rings. The number of aryl methyl sites for hydroxylation is 3. The summed E-state index contributed by atoms with van der Waals surface area (Å²) in [5.74, 6) is 0.698. The lowest BCUT2D eigenvalue weighted by molar-refractivity contribution is 0.408. The quantitative estimate of drug-likeness (QED) is 0.854. The van der Waals surface area contributed by atoms with Crippen LogP contribution >= 0.6 is 0 Å². The highest BCUT2D eigenvalue weighted by molar-refractivity contribution is 5.70. The molecule has 0 bridgehead atoms. The van der Waals surface area contributed by atoms with Crippen molar-refractivity contribution < 1.29 is 0 Å². The largest absolute Gasteiger partial charge is 0.332 e. The molecule has 2 heterocycles. The SMILES string of the molecule is CCn1c(=O)n(CC(C)(C)N)c(=O)c2c1nc(C)n2C. The van der Waals surface area contributed by atoms with Gasteiger partial charge in [-0.25, -0.2) is 9.78 Å². The standard InChI is InChI=1S/C13H21N5O2/c1-6-17-10-9(16(5)8(2)15-10)11(19)18(12(17)20)7-13(3,4)14/h6-7,14H2,1-5H3. The van der Waals surface area contributed by atoms with Gasteiger partial charge in [0.1, 0.15) is 5.82 Å². The van der Waals surface area contributed by atoms with Gasteiger partial charge in [0.25, 0.3) is 5.56 Å². The molecule has 0 radical (unpaired) electrons. The molecule has 110 valence electrons. The number of hydrogen-bond acceptors (Lipinski definition) is 4. The summed E-state index contributed by atoms with van der Waals surface area (Å²) < 4.78 is 4.42. The van der Waals surface area contributed by atoms with Gasteiger partial charge in [-0.1, -0.05) is 0 Å². The summed E-state index contributed by atoms with van der Waals surface area (Å²) in [6, 6.07) is 0. The van der Waals surface area contributed by atoms with Crippen LogP contribution in [0.2, 0.25) is 0 Å². The number of aromatic nitrogens is 4. The Kier molecular flexibility index (Phi) is 3.33. The van der Waals surface area contributed by atoms with Gasteiger partial charge in [0, 0.05) is 25.7 Å². The molecule has 7 nitrogen and oxygen atoms in total. The van der Waals surface area contributed by atoms with Gasteiger partial charge in [-0.2, -0.15) is 0 Å². The van der Waals surface area contributed by atoms with E-state index in [0.717, 1.165) is 0 Å². The van der Waals surface area contributed by atoms with Crippen molar-refractivity contribution in [3.8, 4) is 0 Å². The van der Waals surface area contributed by atoms with Crippen LogP contribution in [0, 0.1) is 6.92 Å². The molecule has 0 atom stereocenters. The van der Waals surface area contributed by atoms with Crippen LogP contribution in [0.4, 0.5) is 0 Å². The summed E-state index contributed by atoms with van der Waals surface area (Å²) in [6.45, 7) is 7.86. The topological polar surface area (TPSA) is 87.8 Å². The van der Waals surface area contributed by atoms with Gasteiger partial charge in [0.05, 0.1) is 0 Å². The van der Waals surface area contributed by atoms with Gasteiger partial charge in [0.2, 0.25) is 0 Å². The van der Waals surface area contributed by atoms with Gasteiger partial charge in [0.15, 0.2) is 11.2 Å². The van der Waals surface area contributed by atoms with Gasteiger partial charge >= 0.3 is 5.69 Å². The molecule has 0 amide bonds. The Balaban J connectivity index is 2.93. The van der Waals surface area contributed by atoms with Crippen molar-refractivity contribution in [2.45, 2.75) is 46.3 Å². The molecule has 2 aromatic rings. The second-order valence-electron chi connectivity index (χ2n) is 5.80. The summed E-state index contributed by atoms with van der Waals surface area (Å²) in [5, 5.41) is 0. The zero-order valence-corrected chi connectivity index (χ0v) is 12.6. The molecule has 0 saturated carbocycles. The number of nitrogens with two attached hydrogens (primary N) is 1. The summed E-state index contributed by atoms with van der Waals surface area (Å²) in [4.78, 5) is 29.3. The molecule has 2 N–H and O–H groups in total. The molecule has 0 aromatic carbocycles. The fourth-order valence-electron chi connectivity index (χ4n) is 2.30. The molecule has 2 rings (SSSR count). The highest BCUT2D eigenvalue weighted by Gasteiger charge is 2.21. The molecule has 0 fully saturated rings. The first-order valence-electron chi connectivity index (χ1n) is 6.63. The Hall–Kier alpha value is -1.89. The van der Waals surface area contributed by atoms with Gasteiger partial charge in [-0.15, -0.1) is 0 Å². The minimum Gasteiger partial charge on any atom is -0.325 e. The maximum Gasteiger partial charge on any atom is 0.332 e. The van der Waals surface area contributed by atoms with Crippen molar-refractivity contribution in [1.29, 1.82) is 0 Å². The van der Waals surface area contributed by atoms with Crippen LogP contribution < -0.4 is 17.0 Å². The average molecular weight is 279 g/mol. The van der Waals surface area contributed by atoms with Crippen molar-refractivity contribution in [2.75, 3.05) is 0 Å². The van der Waals surface area contributed by atoms with Crippen LogP contribution in [0.3, 0.4) is 0 Å². The minimum atomic E-state index is -0.643. The maximum absolute atomic E-state index is 12.6. The van der Waals surface area contributed by atoms with E-state index < -0.39 is 5.54 Å². The van der Waals surface area contributed by atoms with E-state index in [-0.39, 0.29) is 17.8 Å². The summed E-state index contributed by atoms with van der Waals surface area (Å²) >= 11 is 0. The maximum atomic E-state index is 12.6. The molecule has 0 saturated heterocycles. The molecule has 0 aliphatic heterocycles. The highest BCUT2D eigenvalue weighted by Crippen LogP contribution is 2.09. The van der Waals surface area contributed by atoms with E-state index in [2.05, 4.69) is 4.98 Å². The lowest BCUT2D eigenvalue weighted by Gasteiger charge is -2.20. The lowest BCUT2D eigenvalue weighted by Crippen LogP contribution is -2.48. The molecule has 0 spiro atoms. The second-order valence-corrected chi connectivity index (χ2v) is 5.80. The van der Waals surface area contributed by atoms with Crippen LogP contribution in [0.1, 0.15) is 26.6 Å². The van der Waals surface area contributed by atoms with Crippen LogP contribution in [0.5, 0.6) is 0 Å². The van der Waals surface area contributed by atoms with Gasteiger partial charge in [-0.05, 0) is 27.7 Å². The van der Waals surface area contributed by atoms with Crippen molar-refractivity contribution in [3.05, 3.63) is 26.7 Å². The van der Waals surface area contributed by atoms with E-state index in [4.69, 9.17) is 5.73 Å². The highest BCUT2D eigenvalue weighted by atomic mass is 16.2. The Labute approximate surface area is 116 Å². The van der Waals surface area contributed by atoms with E-state index in [0.29, 0.717) is 23.5 Å². The number of nitrogens with zero attached hydrogens (tertiary/aromatic N) is 4. The van der Waals surface area contributed by atoms with E-state index in [9.17, 15) is 9.59 Å². The Morgan fingerprint density at radius 3 is 2.35 bits per heavy atom. The third-order valence-electron chi connectivity index (χ3n) is 3.35. The fraction of sp³-hybridized carbons (Fsp3) is 0.615. The van der Waals surface area contributed by atoms with Gasteiger partial charge in [-0.3, -0.25) is 13.9 Å². The third kappa shape index (κ3) is 2.18. The van der Waals surface area contributed by atoms with Crippen LogP contribution in [-0.2, 0) is 20.1 Å². The van der Waals surface area contributed by atoms with E-state index in [1.165, 1.54) is 9.13 Å². The smallest absolute Gasteiger partial charge is 0.325 e. The first-order chi connectivity index (χ1) is 9.17. The van der Waals surface area contributed by atoms with Crippen molar-refractivity contribution in [2.24, 2.45) is 12.8 Å². The minimum absolute atomic E-state index is 0.171. The number of hydrogen-bond donors (Lipinski definition) is 1. The Bertz CT molecular complexity index is 773. The van der Waals surface area contributed by atoms with E-state index >= 15 is 0 Å². The van der Waals surface area contributed by atoms with Crippen LogP contribution in [-0.4, -0.2) is 24.2 Å². The summed E-state index contributed by atoms with van der Waals surface area (Å²) in [7, 11) is 1.77. The monoisotopic (exact) mass is 279 g/mol. The Morgan fingerprint density at radius 2 is 1.85 bits per heavy atom. The predicted molar refractivity (Wildman–Crippen MR) is 77.9 cm³/mol. The van der Waals surface area contributed by atoms with Crippen LogP contribution in [0.15, 0.2) is 9.59 Å². The van der Waals surface area contributed by atoms with E-state index in [1.807, 2.05) is 6.92 Å². The number of rotatable bonds is 3. The predicted octanol–water partition coefficient (Wildman–Crippen LogP) is -0.0377. The fourth-order valence-corrected chi connectivity index (χ4v) is 2.30. The summed E-state index contributed by atoms with van der Waals surface area (Å²) in [5.41, 5.74) is 5.49. The number of imidazole rings is 1. The lowest BCUT2D eigenvalue weighted by atomic mass is 10.1. The van der Waals surface area contributed by atoms with Crippen molar-refractivity contribution in [1.82, 2.24) is 18.7 Å². The first kappa shape index (κ1) is 14.5. The summed E-state index contributed by atoms with van der Waals surface area (Å²) in [6.07, 6.45) is 0. The van der Waals surface area contributed by atoms with Crippen molar-refractivity contribution in [3.63, 3.8) is 0 Å². The molecule has 0 unspecified atom stereocenters. The number of fused-ring (bicyclic) bond motifs is 1. The van der Waals surface area contributed by atoms with E-state index in [1.54, 1.807) is 32.4 Å². The molecule has 2 aromatic heterocycles. The zero-order valence-electron chi connectivity index (χ0n) is 12.6. The molecule has 20 heavy (non-hydrogen) atoms. The molecular formula is C13H21N5O2. The second kappa shape index (κ2) is 4.59.